The normalized spacial score (nSPS) is 22.5. The number of amides is 2. The Bertz CT molecular complexity index is 1350. The van der Waals surface area contributed by atoms with Gasteiger partial charge in [-0.1, -0.05) is 16.9 Å². The van der Waals surface area contributed by atoms with E-state index in [1.807, 2.05) is 0 Å². The first-order valence-corrected chi connectivity index (χ1v) is 14.0. The molecule has 19 heteroatoms. The van der Waals surface area contributed by atoms with Crippen molar-refractivity contribution in [2.75, 3.05) is 41.9 Å². The molecule has 39 heavy (non-hydrogen) atoms. The average molecular weight is 598 g/mol. The first-order valence-electron chi connectivity index (χ1n) is 11.0. The van der Waals surface area contributed by atoms with Crippen molar-refractivity contribution in [3.8, 4) is 0 Å². The number of nitrogens with two attached hydrogens (primary N) is 3. The molecule has 2 fully saturated rings. The molecule has 2 aliphatic heterocycles. The fourth-order valence-electron chi connectivity index (χ4n) is 3.72. The molecule has 4 rings (SSSR count). The predicted octanol–water partition coefficient (Wildman–Crippen LogP) is -3.16. The number of β-lactam (4-membered cyclic amide) rings is 1. The molecular formula is C20H23N9O7S3. The molecule has 0 aliphatic carbocycles. The minimum Gasteiger partial charge on any atom is -0.549 e. The maximum absolute atomic E-state index is 13.0. The molecular weight excluding hydrogens is 574 g/mol. The third-order valence-electron chi connectivity index (χ3n) is 5.91. The summed E-state index contributed by atoms with van der Waals surface area (Å²) in [7, 11) is 1.64. The lowest BCUT2D eigenvalue weighted by Crippen LogP contribution is -2.75. The van der Waals surface area contributed by atoms with Crippen LogP contribution in [0.3, 0.4) is 0 Å². The summed E-state index contributed by atoms with van der Waals surface area (Å²) in [6, 6.07) is 0.587. The number of thioether (sulfide) groups is 2. The van der Waals surface area contributed by atoms with Crippen molar-refractivity contribution in [2.24, 2.45) is 17.6 Å². The van der Waals surface area contributed by atoms with Crippen molar-refractivity contribution in [1.82, 2.24) is 20.2 Å². The largest absolute Gasteiger partial charge is 0.549 e. The number of hydrogen-bond acceptors (Lipinski definition) is 15. The van der Waals surface area contributed by atoms with E-state index < -0.39 is 47.2 Å². The van der Waals surface area contributed by atoms with Crippen LogP contribution in [0.5, 0.6) is 0 Å². The average Bonchev–Trinajstić information content (AvgIpc) is 3.32. The fourth-order valence-corrected chi connectivity index (χ4v) is 7.03. The van der Waals surface area contributed by atoms with Crippen LogP contribution in [-0.4, -0.2) is 85.5 Å². The Labute approximate surface area is 233 Å². The number of hydrogen-bond donors (Lipinski definition) is 5. The monoisotopic (exact) mass is 597 g/mol. The third-order valence-corrected chi connectivity index (χ3v) is 9.37. The summed E-state index contributed by atoms with van der Waals surface area (Å²) < 4.78 is 1.48. The number of oxime groups is 1. The Balaban J connectivity index is 1.44. The van der Waals surface area contributed by atoms with Gasteiger partial charge in [-0.25, -0.2) is 14.3 Å². The van der Waals surface area contributed by atoms with Gasteiger partial charge < -0.3 is 47.3 Å². The van der Waals surface area contributed by atoms with Crippen molar-refractivity contribution >= 4 is 81.2 Å². The second-order valence-electron chi connectivity index (χ2n) is 8.59. The van der Waals surface area contributed by atoms with Crippen LogP contribution in [0.2, 0.25) is 0 Å². The summed E-state index contributed by atoms with van der Waals surface area (Å²) in [4.78, 5) is 63.1. The maximum atomic E-state index is 13.0. The van der Waals surface area contributed by atoms with Gasteiger partial charge >= 0.3 is 11.9 Å². The lowest BCUT2D eigenvalue weighted by molar-refractivity contribution is -0.645. The number of carbonyl (C=O) groups is 4. The van der Waals surface area contributed by atoms with Gasteiger partial charge in [-0.15, -0.1) is 28.1 Å². The summed E-state index contributed by atoms with van der Waals surface area (Å²) >= 11 is 3.34. The summed E-state index contributed by atoms with van der Waals surface area (Å²) in [6.07, 6.45) is 0. The molecule has 2 aliphatic rings. The summed E-state index contributed by atoms with van der Waals surface area (Å²) in [5.74, 6) is -3.33. The molecule has 0 aromatic carbocycles. The highest BCUT2D eigenvalue weighted by Crippen LogP contribution is 2.44. The quantitative estimate of drug-likeness (QED) is 0.0452. The van der Waals surface area contributed by atoms with Crippen LogP contribution >= 0.6 is 34.9 Å². The SMILES string of the molecule is C[n+]1c(N)cc(SCC2(C(=O)[O-])CS[C@@H]3[C@H](NC(=O)C(=NOCC(=O)O)c4csc(N)n4)C(=O)N3C2)nc1N. The Morgan fingerprint density at radius 2 is 2.13 bits per heavy atom. The molecule has 4 heterocycles. The van der Waals surface area contributed by atoms with Gasteiger partial charge in [0, 0.05) is 34.9 Å². The van der Waals surface area contributed by atoms with Gasteiger partial charge in [0.25, 0.3) is 5.91 Å². The number of nitrogens with one attached hydrogen (secondary N) is 1. The topological polar surface area (TPSA) is 256 Å². The van der Waals surface area contributed by atoms with Gasteiger partial charge in [0.15, 0.2) is 21.7 Å². The molecule has 0 radical (unpaired) electrons. The number of aromatic nitrogens is 3. The Kier molecular flexibility index (Phi) is 8.02. The molecule has 208 valence electrons. The number of carbonyl (C=O) groups excluding carboxylic acids is 3. The molecule has 2 aromatic rings. The zero-order chi connectivity index (χ0) is 28.5. The van der Waals surface area contributed by atoms with Gasteiger partial charge in [0.05, 0.1) is 13.0 Å². The molecule has 1 unspecified atom stereocenters. The van der Waals surface area contributed by atoms with E-state index >= 15 is 0 Å². The third kappa shape index (κ3) is 5.78. The zero-order valence-electron chi connectivity index (χ0n) is 20.2. The van der Waals surface area contributed by atoms with E-state index in [4.69, 9.17) is 27.1 Å². The highest BCUT2D eigenvalue weighted by Gasteiger charge is 2.55. The number of aliphatic carboxylic acids is 2. The fraction of sp³-hybridized carbons (Fsp3) is 0.400. The zero-order valence-corrected chi connectivity index (χ0v) is 22.7. The molecule has 16 nitrogen and oxygen atoms in total. The van der Waals surface area contributed by atoms with Gasteiger partial charge in [0.1, 0.15) is 17.1 Å². The number of thiazole rings is 1. The molecule has 2 amide bonds. The highest BCUT2D eigenvalue weighted by atomic mass is 32.2. The van der Waals surface area contributed by atoms with E-state index in [-0.39, 0.29) is 40.5 Å². The number of anilines is 3. The molecule has 0 bridgehead atoms. The molecule has 3 atom stereocenters. The molecule has 8 N–H and O–H groups in total. The molecule has 0 saturated carbocycles. The van der Waals surface area contributed by atoms with E-state index in [1.165, 1.54) is 26.6 Å². The standard InChI is InChI=1S/C20H23N9O7S3/c1-28-9(21)2-10(25-18(28)22)38-6-20(17(34)35)5-29-15(33)13(16(29)39-7-20)26-14(32)12(27-36-3-11(30)31)8-4-37-19(23)24-8/h2,4,13,16H,3,5-7H2,1H3,(H8,21,22,23,24,25,26,30,31,32,34,35)/t13-,16-,20?/m1/s1. The van der Waals surface area contributed by atoms with Crippen LogP contribution < -0.4 is 32.2 Å². The predicted molar refractivity (Wildman–Crippen MR) is 139 cm³/mol. The smallest absolute Gasteiger partial charge is 0.345 e. The summed E-state index contributed by atoms with van der Waals surface area (Å²) in [5.41, 5.74) is 15.6. The summed E-state index contributed by atoms with van der Waals surface area (Å²) in [6.45, 7) is -0.938. The van der Waals surface area contributed by atoms with Crippen LogP contribution in [-0.2, 0) is 31.1 Å². The van der Waals surface area contributed by atoms with Crippen molar-refractivity contribution < 1.29 is 38.8 Å². The highest BCUT2D eigenvalue weighted by molar-refractivity contribution is 8.00. The van der Waals surface area contributed by atoms with Crippen LogP contribution in [0.1, 0.15) is 5.69 Å². The van der Waals surface area contributed by atoms with E-state index in [2.05, 4.69) is 20.4 Å². The number of fused-ring (bicyclic) bond motifs is 1. The van der Waals surface area contributed by atoms with Crippen LogP contribution in [0.25, 0.3) is 0 Å². The van der Waals surface area contributed by atoms with Crippen molar-refractivity contribution in [2.45, 2.75) is 16.4 Å². The van der Waals surface area contributed by atoms with Crippen LogP contribution in [0.4, 0.5) is 16.9 Å². The van der Waals surface area contributed by atoms with Crippen LogP contribution in [0, 0.1) is 5.41 Å². The maximum Gasteiger partial charge on any atom is 0.345 e. The first kappa shape index (κ1) is 28.2. The second-order valence-corrected chi connectivity index (χ2v) is 11.6. The Morgan fingerprint density at radius 3 is 2.74 bits per heavy atom. The van der Waals surface area contributed by atoms with E-state index in [0.29, 0.717) is 10.8 Å². The minimum absolute atomic E-state index is 0.0395. The molecule has 0 spiro atoms. The van der Waals surface area contributed by atoms with Crippen LogP contribution in [0.15, 0.2) is 21.6 Å². The summed E-state index contributed by atoms with van der Waals surface area (Å²) in [5, 5.41) is 28.6. The number of carboxylic acid groups (broad SMARTS) is 2. The Morgan fingerprint density at radius 1 is 1.38 bits per heavy atom. The number of rotatable bonds is 10. The van der Waals surface area contributed by atoms with Crippen molar-refractivity contribution in [1.29, 1.82) is 0 Å². The van der Waals surface area contributed by atoms with Gasteiger partial charge in [-0.3, -0.25) is 9.59 Å². The molecule has 2 saturated heterocycles. The second kappa shape index (κ2) is 11.1. The van der Waals surface area contributed by atoms with E-state index in [1.54, 1.807) is 13.1 Å². The lowest BCUT2D eigenvalue weighted by Gasteiger charge is -2.55. The number of carboxylic acids is 2. The van der Waals surface area contributed by atoms with Crippen molar-refractivity contribution in [3.63, 3.8) is 0 Å². The minimum atomic E-state index is -1.39. The number of nitrogen functional groups attached to an aromatic ring is 3. The first-order chi connectivity index (χ1) is 18.4. The number of nitrogens with zero attached hydrogens (tertiary/aromatic N) is 5. The molecule has 2 aromatic heterocycles. The van der Waals surface area contributed by atoms with Gasteiger partial charge in [-0.2, -0.15) is 0 Å². The van der Waals surface area contributed by atoms with Gasteiger partial charge in [-0.05, 0) is 0 Å². The van der Waals surface area contributed by atoms with E-state index in [9.17, 15) is 24.3 Å². The van der Waals surface area contributed by atoms with Gasteiger partial charge in [0.2, 0.25) is 12.5 Å². The Hall–Kier alpha value is -3.84. The van der Waals surface area contributed by atoms with E-state index in [0.717, 1.165) is 23.1 Å². The lowest BCUT2D eigenvalue weighted by atomic mass is 9.89. The van der Waals surface area contributed by atoms with Crippen molar-refractivity contribution in [3.05, 3.63) is 17.1 Å².